The maximum atomic E-state index is 13.1. The van der Waals surface area contributed by atoms with Crippen LogP contribution in [0.2, 0.25) is 0 Å². The summed E-state index contributed by atoms with van der Waals surface area (Å²) in [6, 6.07) is 12.7. The largest absolute Gasteiger partial charge is 0.503 e. The molecule has 0 fully saturated rings. The molecule has 4 aliphatic rings. The van der Waals surface area contributed by atoms with Crippen LogP contribution in [0.4, 0.5) is 0 Å². The summed E-state index contributed by atoms with van der Waals surface area (Å²) in [6.45, 7) is 0.249. The zero-order chi connectivity index (χ0) is 38.6. The van der Waals surface area contributed by atoms with Crippen LogP contribution in [0.5, 0.6) is 34.5 Å². The zero-order valence-corrected chi connectivity index (χ0v) is 36.3. The van der Waals surface area contributed by atoms with Crippen LogP contribution in [0.15, 0.2) is 85.7 Å². The van der Waals surface area contributed by atoms with E-state index in [0.717, 1.165) is 5.56 Å². The second-order valence-electron chi connectivity index (χ2n) is 11.4. The number of hydrogen-bond acceptors (Lipinski definition) is 11. The first-order valence-electron chi connectivity index (χ1n) is 15.2. The molecule has 4 aromatic carbocycles. The first-order chi connectivity index (χ1) is 25.2. The predicted molar refractivity (Wildman–Crippen MR) is 216 cm³/mol. The van der Waals surface area contributed by atoms with Gasteiger partial charge in [-0.05, 0) is 179 Å². The lowest BCUT2D eigenvalue weighted by Crippen LogP contribution is -2.36. The van der Waals surface area contributed by atoms with Gasteiger partial charge in [0.2, 0.25) is 0 Å². The highest BCUT2D eigenvalue weighted by atomic mass is 79.9. The number of benzene rings is 4. The number of nitrogens with zero attached hydrogens (tertiary/aromatic N) is 2. The smallest absolute Gasteiger partial charge is 0.272 e. The lowest BCUT2D eigenvalue weighted by Gasteiger charge is -2.18. The van der Waals surface area contributed by atoms with E-state index in [1.807, 2.05) is 0 Å². The van der Waals surface area contributed by atoms with Gasteiger partial charge in [0, 0.05) is 19.5 Å². The molecule has 7 N–H and O–H groups in total. The molecule has 1 atom stereocenters. The fourth-order valence-corrected chi connectivity index (χ4v) is 8.94. The average molecular weight is 1110 g/mol. The van der Waals surface area contributed by atoms with E-state index in [0.29, 0.717) is 36.7 Å². The first-order valence-corrected chi connectivity index (χ1v) is 20.0. The lowest BCUT2D eigenvalue weighted by atomic mass is 10.0. The van der Waals surface area contributed by atoms with Crippen molar-refractivity contribution in [1.82, 2.24) is 10.6 Å². The molecule has 0 spiro atoms. The van der Waals surface area contributed by atoms with Gasteiger partial charge in [0.1, 0.15) is 11.8 Å². The Kier molecular flexibility index (Phi) is 13.9. The summed E-state index contributed by atoms with van der Waals surface area (Å²) in [6.07, 6.45) is -1.15. The van der Waals surface area contributed by atoms with Crippen LogP contribution in [-0.2, 0) is 28.9 Å². The van der Waals surface area contributed by atoms with E-state index >= 15 is 0 Å². The third-order valence-electron chi connectivity index (χ3n) is 7.75. The number of hydrogen-bond donors (Lipinski definition) is 7. The van der Waals surface area contributed by atoms with Crippen molar-refractivity contribution in [3.8, 4) is 34.5 Å². The van der Waals surface area contributed by atoms with Gasteiger partial charge in [0.15, 0.2) is 40.2 Å². The molecule has 4 heterocycles. The number of phenols is 2. The van der Waals surface area contributed by atoms with Crippen LogP contribution in [0.3, 0.4) is 0 Å². The zero-order valence-electron chi connectivity index (χ0n) is 26.8. The molecule has 2 amide bonds. The minimum absolute atomic E-state index is 0.0247. The molecule has 13 nitrogen and oxygen atoms in total. The van der Waals surface area contributed by atoms with Crippen molar-refractivity contribution in [2.45, 2.75) is 25.4 Å². The average Bonchev–Trinajstić information content (AvgIpc) is 3.10. The lowest BCUT2D eigenvalue weighted by molar-refractivity contribution is -0.116. The van der Waals surface area contributed by atoms with Gasteiger partial charge in [-0.3, -0.25) is 9.59 Å². The molecule has 0 saturated heterocycles. The van der Waals surface area contributed by atoms with Gasteiger partial charge in [-0.1, -0.05) is 10.3 Å². The van der Waals surface area contributed by atoms with E-state index in [-0.39, 0.29) is 79.4 Å². The molecule has 0 aliphatic carbocycles. The fourth-order valence-electron chi connectivity index (χ4n) is 5.14. The van der Waals surface area contributed by atoms with Crippen molar-refractivity contribution >= 4 is 119 Å². The fraction of sp³-hybridized carbons (Fsp3) is 0.176. The minimum atomic E-state index is -1.67. The van der Waals surface area contributed by atoms with Crippen molar-refractivity contribution in [2.75, 3.05) is 13.1 Å². The number of oxime groups is 2. The van der Waals surface area contributed by atoms with Crippen LogP contribution in [-0.4, -0.2) is 62.1 Å². The maximum Gasteiger partial charge on any atom is 0.272 e. The standard InChI is InChI=1S/C34H26Br6N4O9/c35-18-5-15-2-4-42-34(49)27(44-51)28(45)17-12-22(39)32(23(40)13-17)53-26-11-16(8-19(36)30(26)47)9-24(43-50)33(48)41-3-1-14-6-20(37)31(21(38)7-14)52-25(10-15)29(18)46/h5-8,10-13,28,45-47,50-51H,1-4,9H2,(H,41,48)(H,42,49)/t28-/m0/s1. The number of aliphatic hydroxyl groups excluding tert-OH is 1. The van der Waals surface area contributed by atoms with E-state index in [9.17, 15) is 35.3 Å². The van der Waals surface area contributed by atoms with Gasteiger partial charge >= 0.3 is 0 Å². The van der Waals surface area contributed by atoms with Crippen LogP contribution in [0, 0.1) is 0 Å². The second kappa shape index (κ2) is 18.0. The number of phenolic OH excluding ortho intramolecular Hbond substituents is 2. The SMILES string of the molecule is O=C1NCCc2cc(Br)c(c(Br)c2)Oc2cc(cc(Br)c2O)CCNC(=O)C(=NO)[C@@H](O)c2cc(Br)c(c(Br)c2)Oc2cc(cc(Br)c2O)CC1=NO. The van der Waals surface area contributed by atoms with Gasteiger partial charge in [-0.15, -0.1) is 0 Å². The number of rotatable bonds is 0. The number of halogens is 6. The maximum absolute atomic E-state index is 13.1. The van der Waals surface area contributed by atoms with E-state index in [1.165, 1.54) is 24.3 Å². The Hall–Kier alpha value is -3.20. The van der Waals surface area contributed by atoms with Gasteiger partial charge in [-0.25, -0.2) is 0 Å². The number of carbonyl (C=O) groups excluding carboxylic acids is 2. The van der Waals surface area contributed by atoms with Crippen molar-refractivity contribution in [1.29, 1.82) is 0 Å². The van der Waals surface area contributed by atoms with Crippen LogP contribution < -0.4 is 20.1 Å². The molecule has 53 heavy (non-hydrogen) atoms. The van der Waals surface area contributed by atoms with Gasteiger partial charge in [0.25, 0.3) is 11.8 Å². The van der Waals surface area contributed by atoms with E-state index < -0.39 is 23.6 Å². The second-order valence-corrected chi connectivity index (χ2v) is 16.5. The number of aliphatic hydroxyl groups is 1. The van der Waals surface area contributed by atoms with Crippen LogP contribution in [0.1, 0.15) is 28.4 Å². The monoisotopic (exact) mass is 1110 g/mol. The van der Waals surface area contributed by atoms with Crippen molar-refractivity contribution in [3.63, 3.8) is 0 Å². The molecule has 19 heteroatoms. The van der Waals surface area contributed by atoms with Crippen molar-refractivity contribution < 1.29 is 44.8 Å². The summed E-state index contributed by atoms with van der Waals surface area (Å²) >= 11 is 20.5. The molecular formula is C34H26Br6N4O9. The Morgan fingerprint density at radius 1 is 0.604 bits per heavy atom. The molecule has 0 unspecified atom stereocenters. The van der Waals surface area contributed by atoms with Gasteiger partial charge in [-0.2, -0.15) is 0 Å². The normalized spacial score (nSPS) is 17.5. The molecule has 8 rings (SSSR count). The molecule has 0 aromatic heterocycles. The predicted octanol–water partition coefficient (Wildman–Crippen LogP) is 8.52. The molecule has 0 radical (unpaired) electrons. The summed E-state index contributed by atoms with van der Waals surface area (Å²) in [4.78, 5) is 26.1. The first kappa shape index (κ1) is 41.0. The minimum Gasteiger partial charge on any atom is -0.503 e. The van der Waals surface area contributed by atoms with E-state index in [4.69, 9.17) is 9.47 Å². The summed E-state index contributed by atoms with van der Waals surface area (Å²) in [5.74, 6) is -1.26. The van der Waals surface area contributed by atoms with Crippen LogP contribution >= 0.6 is 95.6 Å². The number of ether oxygens (including phenoxy) is 2. The molecule has 0 saturated carbocycles. The van der Waals surface area contributed by atoms with E-state index in [2.05, 4.69) is 117 Å². The third-order valence-corrected chi connectivity index (χ3v) is 11.3. The van der Waals surface area contributed by atoms with Crippen molar-refractivity contribution in [2.24, 2.45) is 10.3 Å². The topological polar surface area (TPSA) is 203 Å². The third kappa shape index (κ3) is 9.73. The number of nitrogens with one attached hydrogen (secondary N) is 2. The highest BCUT2D eigenvalue weighted by molar-refractivity contribution is 9.11. The molecule has 4 aromatic rings. The molecule has 8 bridgehead atoms. The van der Waals surface area contributed by atoms with Crippen molar-refractivity contribution in [3.05, 3.63) is 97.6 Å². The Bertz CT molecular complexity index is 2120. The summed E-state index contributed by atoms with van der Waals surface area (Å²) in [5.41, 5.74) is 1.29. The molecular weight excluding hydrogens is 1090 g/mol. The van der Waals surface area contributed by atoms with Gasteiger partial charge < -0.3 is 45.8 Å². The van der Waals surface area contributed by atoms with Crippen LogP contribution in [0.25, 0.3) is 0 Å². The number of aromatic hydroxyl groups is 2. The highest BCUT2D eigenvalue weighted by Gasteiger charge is 2.26. The Morgan fingerprint density at radius 2 is 1.04 bits per heavy atom. The molecule has 278 valence electrons. The quantitative estimate of drug-likeness (QED) is 0.0666. The Balaban J connectivity index is 1.51. The molecule has 4 aliphatic heterocycles. The summed E-state index contributed by atoms with van der Waals surface area (Å²) < 4.78 is 14.4. The Morgan fingerprint density at radius 3 is 1.55 bits per heavy atom. The van der Waals surface area contributed by atoms with E-state index in [1.54, 1.807) is 24.3 Å². The number of amides is 2. The van der Waals surface area contributed by atoms with Gasteiger partial charge in [0.05, 0.1) is 26.8 Å². The highest BCUT2D eigenvalue weighted by Crippen LogP contribution is 2.45. The number of carbonyl (C=O) groups is 2. The summed E-state index contributed by atoms with van der Waals surface area (Å²) in [7, 11) is 0. The Labute approximate surface area is 352 Å². The summed E-state index contributed by atoms with van der Waals surface area (Å²) in [5, 5.41) is 63.8.